The molecule has 0 N–H and O–H groups in total. The summed E-state index contributed by atoms with van der Waals surface area (Å²) in [7, 11) is 0. The van der Waals surface area contributed by atoms with Gasteiger partial charge in [-0.05, 0) is 56.3 Å². The molecule has 1 aromatic carbocycles. The molecule has 21 heavy (non-hydrogen) atoms. The first kappa shape index (κ1) is 13.9. The Labute approximate surface area is 122 Å². The number of rotatable bonds is 3. The van der Waals surface area contributed by atoms with Crippen molar-refractivity contribution in [1.29, 1.82) is 0 Å². The van der Waals surface area contributed by atoms with E-state index in [9.17, 15) is 9.18 Å². The first-order chi connectivity index (χ1) is 10.2. The van der Waals surface area contributed by atoms with Crippen molar-refractivity contribution in [3.05, 3.63) is 52.6 Å². The largest absolute Gasteiger partial charge is 0.284 e. The highest BCUT2D eigenvalue weighted by molar-refractivity contribution is 5.57. The Bertz CT molecular complexity index is 660. The highest BCUT2D eigenvalue weighted by Gasteiger charge is 2.12. The van der Waals surface area contributed by atoms with Crippen LogP contribution < -0.4 is 5.56 Å². The van der Waals surface area contributed by atoms with Crippen molar-refractivity contribution < 1.29 is 4.39 Å². The van der Waals surface area contributed by atoms with E-state index in [1.54, 1.807) is 18.2 Å². The molecule has 0 amide bonds. The van der Waals surface area contributed by atoms with Crippen molar-refractivity contribution in [2.24, 2.45) is 0 Å². The van der Waals surface area contributed by atoms with Gasteiger partial charge in [0.1, 0.15) is 5.82 Å². The molecule has 1 aliphatic heterocycles. The minimum Gasteiger partial charge on any atom is -0.284 e. The molecule has 0 bridgehead atoms. The fraction of sp³-hybridized carbons (Fsp3) is 0.375. The molecule has 2 aromatic rings. The Morgan fingerprint density at radius 3 is 2.43 bits per heavy atom. The number of nitrogens with zero attached hydrogens (tertiary/aromatic N) is 3. The molecule has 1 saturated heterocycles. The molecule has 0 spiro atoms. The second kappa shape index (κ2) is 6.18. The highest BCUT2D eigenvalue weighted by atomic mass is 19.1. The lowest BCUT2D eigenvalue weighted by molar-refractivity contribution is 0.170. The molecule has 0 unspecified atom stereocenters. The summed E-state index contributed by atoms with van der Waals surface area (Å²) in [5.41, 5.74) is 1.39. The minimum absolute atomic E-state index is 0.105. The number of likely N-dealkylation sites (tertiary alicyclic amines) is 1. The Hall–Kier alpha value is -2.01. The van der Waals surface area contributed by atoms with E-state index in [0.29, 0.717) is 12.4 Å². The fourth-order valence-electron chi connectivity index (χ4n) is 2.62. The average Bonchev–Trinajstić information content (AvgIpc) is 2.51. The van der Waals surface area contributed by atoms with Crippen LogP contribution in [0, 0.1) is 5.82 Å². The van der Waals surface area contributed by atoms with Gasteiger partial charge in [-0.15, -0.1) is 0 Å². The minimum atomic E-state index is -0.277. The van der Waals surface area contributed by atoms with Crippen molar-refractivity contribution in [2.75, 3.05) is 13.1 Å². The Balaban J connectivity index is 1.85. The number of benzene rings is 1. The lowest BCUT2D eigenvalue weighted by Gasteiger charge is -2.26. The van der Waals surface area contributed by atoms with Crippen LogP contribution in [0.1, 0.15) is 19.3 Å². The SMILES string of the molecule is O=c1ccc(-c2ccc(F)cc2)nn1CN1CCCCC1. The summed E-state index contributed by atoms with van der Waals surface area (Å²) < 4.78 is 14.5. The summed E-state index contributed by atoms with van der Waals surface area (Å²) >= 11 is 0. The van der Waals surface area contributed by atoms with E-state index in [1.807, 2.05) is 0 Å². The van der Waals surface area contributed by atoms with Crippen LogP contribution in [-0.2, 0) is 6.67 Å². The van der Waals surface area contributed by atoms with Crippen LogP contribution in [-0.4, -0.2) is 27.8 Å². The van der Waals surface area contributed by atoms with E-state index in [0.717, 1.165) is 18.7 Å². The molecule has 0 atom stereocenters. The van der Waals surface area contributed by atoms with Gasteiger partial charge in [-0.3, -0.25) is 9.69 Å². The van der Waals surface area contributed by atoms with Gasteiger partial charge in [-0.2, -0.15) is 5.10 Å². The maximum Gasteiger partial charge on any atom is 0.268 e. The topological polar surface area (TPSA) is 38.1 Å². The van der Waals surface area contributed by atoms with Gasteiger partial charge in [0.05, 0.1) is 12.4 Å². The van der Waals surface area contributed by atoms with Crippen molar-refractivity contribution in [3.8, 4) is 11.3 Å². The summed E-state index contributed by atoms with van der Waals surface area (Å²) in [4.78, 5) is 14.2. The molecule has 0 aliphatic carbocycles. The zero-order valence-corrected chi connectivity index (χ0v) is 11.8. The fourth-order valence-corrected chi connectivity index (χ4v) is 2.62. The molecule has 4 nitrogen and oxygen atoms in total. The standard InChI is InChI=1S/C16H18FN3O/c17-14-6-4-13(5-7-14)15-8-9-16(21)20(18-15)12-19-10-2-1-3-11-19/h4-9H,1-3,10-12H2. The predicted octanol–water partition coefficient (Wildman–Crippen LogP) is 2.49. The van der Waals surface area contributed by atoms with Gasteiger partial charge in [-0.1, -0.05) is 6.42 Å². The zero-order chi connectivity index (χ0) is 14.7. The van der Waals surface area contributed by atoms with Crippen molar-refractivity contribution >= 4 is 0 Å². The summed E-state index contributed by atoms with van der Waals surface area (Å²) in [5, 5.41) is 4.41. The van der Waals surface area contributed by atoms with Crippen LogP contribution in [0.2, 0.25) is 0 Å². The second-order valence-electron chi connectivity index (χ2n) is 5.38. The summed E-state index contributed by atoms with van der Waals surface area (Å²) in [6.07, 6.45) is 3.60. The third-order valence-corrected chi connectivity index (χ3v) is 3.79. The summed E-state index contributed by atoms with van der Waals surface area (Å²) in [6.45, 7) is 2.54. The van der Waals surface area contributed by atoms with Crippen LogP contribution in [0.5, 0.6) is 0 Å². The number of aromatic nitrogens is 2. The van der Waals surface area contributed by atoms with E-state index in [4.69, 9.17) is 0 Å². The number of halogens is 1. The van der Waals surface area contributed by atoms with Crippen molar-refractivity contribution in [2.45, 2.75) is 25.9 Å². The summed E-state index contributed by atoms with van der Waals surface area (Å²) in [5.74, 6) is -0.277. The molecule has 1 aromatic heterocycles. The molecular weight excluding hydrogens is 269 g/mol. The Kier molecular flexibility index (Phi) is 4.10. The van der Waals surface area contributed by atoms with Gasteiger partial charge >= 0.3 is 0 Å². The quantitative estimate of drug-likeness (QED) is 0.870. The normalized spacial score (nSPS) is 16.0. The molecule has 5 heteroatoms. The first-order valence-electron chi connectivity index (χ1n) is 7.29. The van der Waals surface area contributed by atoms with Crippen molar-refractivity contribution in [1.82, 2.24) is 14.7 Å². The maximum absolute atomic E-state index is 13.0. The van der Waals surface area contributed by atoms with E-state index in [2.05, 4.69) is 10.00 Å². The molecule has 2 heterocycles. The van der Waals surface area contributed by atoms with Gasteiger partial charge in [0.15, 0.2) is 0 Å². The molecule has 3 rings (SSSR count). The third-order valence-electron chi connectivity index (χ3n) is 3.79. The van der Waals surface area contributed by atoms with Crippen LogP contribution >= 0.6 is 0 Å². The van der Waals surface area contributed by atoms with Crippen LogP contribution in [0.25, 0.3) is 11.3 Å². The molecule has 1 fully saturated rings. The molecule has 0 saturated carbocycles. The first-order valence-corrected chi connectivity index (χ1v) is 7.29. The van der Waals surface area contributed by atoms with Gasteiger partial charge < -0.3 is 0 Å². The van der Waals surface area contributed by atoms with Gasteiger partial charge in [-0.25, -0.2) is 9.07 Å². The monoisotopic (exact) mass is 287 g/mol. The molecule has 0 radical (unpaired) electrons. The second-order valence-corrected chi connectivity index (χ2v) is 5.38. The zero-order valence-electron chi connectivity index (χ0n) is 11.8. The van der Waals surface area contributed by atoms with Crippen molar-refractivity contribution in [3.63, 3.8) is 0 Å². The van der Waals surface area contributed by atoms with Gasteiger partial charge in [0.25, 0.3) is 5.56 Å². The Morgan fingerprint density at radius 2 is 1.71 bits per heavy atom. The lowest BCUT2D eigenvalue weighted by atomic mass is 10.1. The predicted molar refractivity (Wildman–Crippen MR) is 79.3 cm³/mol. The van der Waals surface area contributed by atoms with E-state index < -0.39 is 0 Å². The van der Waals surface area contributed by atoms with Crippen LogP contribution in [0.15, 0.2) is 41.2 Å². The molecule has 110 valence electrons. The van der Waals surface area contributed by atoms with E-state index in [-0.39, 0.29) is 11.4 Å². The molecule has 1 aliphatic rings. The van der Waals surface area contributed by atoms with E-state index >= 15 is 0 Å². The average molecular weight is 287 g/mol. The third kappa shape index (κ3) is 3.36. The number of piperidine rings is 1. The van der Waals surface area contributed by atoms with Crippen LogP contribution in [0.4, 0.5) is 4.39 Å². The van der Waals surface area contributed by atoms with E-state index in [1.165, 1.54) is 42.1 Å². The number of hydrogen-bond acceptors (Lipinski definition) is 3. The molecular formula is C16H18FN3O. The van der Waals surface area contributed by atoms with Gasteiger partial charge in [0.2, 0.25) is 0 Å². The smallest absolute Gasteiger partial charge is 0.268 e. The summed E-state index contributed by atoms with van der Waals surface area (Å²) in [6, 6.07) is 9.35. The maximum atomic E-state index is 13.0. The number of hydrogen-bond donors (Lipinski definition) is 0. The Morgan fingerprint density at radius 1 is 1.00 bits per heavy atom. The highest BCUT2D eigenvalue weighted by Crippen LogP contribution is 2.16. The van der Waals surface area contributed by atoms with Crippen LogP contribution in [0.3, 0.4) is 0 Å². The lowest BCUT2D eigenvalue weighted by Crippen LogP contribution is -2.36. The van der Waals surface area contributed by atoms with Gasteiger partial charge in [0, 0.05) is 11.6 Å².